The van der Waals surface area contributed by atoms with E-state index < -0.39 is 11.9 Å². The molecule has 0 radical (unpaired) electrons. The van der Waals surface area contributed by atoms with E-state index >= 15 is 0 Å². The molecule has 1 unspecified atom stereocenters. The molecular weight excluding hydrogens is 272 g/mol. The number of aliphatic carboxylic acids is 1. The molecule has 2 aromatic rings. The maximum atomic E-state index is 12.0. The van der Waals surface area contributed by atoms with Crippen molar-refractivity contribution in [3.63, 3.8) is 0 Å². The molecule has 0 spiro atoms. The Kier molecular flexibility index (Phi) is 4.57. The van der Waals surface area contributed by atoms with Crippen molar-refractivity contribution in [1.82, 2.24) is 9.88 Å². The molecule has 2 rings (SSSR count). The molecule has 0 bridgehead atoms. The summed E-state index contributed by atoms with van der Waals surface area (Å²) < 4.78 is 5.54. The van der Waals surface area contributed by atoms with Crippen LogP contribution >= 0.6 is 0 Å². The van der Waals surface area contributed by atoms with Crippen molar-refractivity contribution < 1.29 is 19.1 Å². The Morgan fingerprint density at radius 1 is 1.38 bits per heavy atom. The number of carbonyl (C=O) groups excluding carboxylic acids is 1. The molecule has 1 aromatic carbocycles. The Balaban J connectivity index is 1.89. The number of hydrogen-bond donors (Lipinski definition) is 1. The lowest BCUT2D eigenvalue weighted by atomic mass is 10.1. The van der Waals surface area contributed by atoms with Crippen LogP contribution in [0, 0.1) is 5.92 Å². The molecule has 1 atom stereocenters. The number of benzene rings is 1. The first-order valence-corrected chi connectivity index (χ1v) is 6.78. The highest BCUT2D eigenvalue weighted by molar-refractivity contribution is 5.77. The molecule has 0 saturated carbocycles. The van der Waals surface area contributed by atoms with Crippen LogP contribution in [0.3, 0.4) is 0 Å². The number of carboxylic acid groups (broad SMARTS) is 1. The summed E-state index contributed by atoms with van der Waals surface area (Å²) in [6.45, 7) is 1.77. The minimum atomic E-state index is -0.909. The van der Waals surface area contributed by atoms with E-state index in [1.54, 1.807) is 14.0 Å². The Morgan fingerprint density at radius 2 is 2.10 bits per heavy atom. The van der Waals surface area contributed by atoms with Gasteiger partial charge >= 0.3 is 5.97 Å². The second kappa shape index (κ2) is 6.39. The first-order chi connectivity index (χ1) is 9.97. The number of fused-ring (bicyclic) bond motifs is 1. The van der Waals surface area contributed by atoms with Gasteiger partial charge in [-0.1, -0.05) is 19.1 Å². The van der Waals surface area contributed by atoms with E-state index in [1.165, 1.54) is 4.90 Å². The van der Waals surface area contributed by atoms with Crippen molar-refractivity contribution in [2.45, 2.75) is 19.8 Å². The number of aryl methyl sites for hydroxylation is 1. The van der Waals surface area contributed by atoms with Crippen LogP contribution in [0.2, 0.25) is 0 Å². The first kappa shape index (κ1) is 15.0. The predicted octanol–water partition coefficient (Wildman–Crippen LogP) is 1.94. The van der Waals surface area contributed by atoms with Crippen molar-refractivity contribution in [1.29, 1.82) is 0 Å². The highest BCUT2D eigenvalue weighted by Crippen LogP contribution is 2.16. The average molecular weight is 290 g/mol. The third-order valence-electron chi connectivity index (χ3n) is 3.29. The van der Waals surface area contributed by atoms with Crippen molar-refractivity contribution in [3.05, 3.63) is 30.2 Å². The normalized spacial score (nSPS) is 12.3. The Morgan fingerprint density at radius 3 is 2.76 bits per heavy atom. The van der Waals surface area contributed by atoms with Gasteiger partial charge in [0.25, 0.3) is 0 Å². The summed E-state index contributed by atoms with van der Waals surface area (Å²) in [6, 6.07) is 7.42. The number of aromatic nitrogens is 1. The van der Waals surface area contributed by atoms with Gasteiger partial charge in [-0.2, -0.15) is 0 Å². The van der Waals surface area contributed by atoms with Gasteiger partial charge < -0.3 is 14.4 Å². The molecule has 0 aliphatic rings. The van der Waals surface area contributed by atoms with Crippen LogP contribution in [-0.4, -0.2) is 40.5 Å². The second-order valence-corrected chi connectivity index (χ2v) is 5.09. The Hall–Kier alpha value is -2.37. The Labute approximate surface area is 122 Å². The standard InChI is InChI=1S/C15H18N2O4/c1-10(15(19)20)9-17(2)14(18)8-7-13-16-11-5-3-4-6-12(11)21-13/h3-6,10H,7-9H2,1-2H3,(H,19,20). The van der Waals surface area contributed by atoms with Crippen LogP contribution < -0.4 is 0 Å². The topological polar surface area (TPSA) is 83.6 Å². The number of carbonyl (C=O) groups is 2. The lowest BCUT2D eigenvalue weighted by molar-refractivity contribution is -0.142. The van der Waals surface area contributed by atoms with Gasteiger partial charge in [-0.05, 0) is 12.1 Å². The molecular formula is C15H18N2O4. The van der Waals surface area contributed by atoms with Crippen LogP contribution in [0.15, 0.2) is 28.7 Å². The predicted molar refractivity (Wildman–Crippen MR) is 76.8 cm³/mol. The van der Waals surface area contributed by atoms with Gasteiger partial charge in [0.15, 0.2) is 11.5 Å². The summed E-state index contributed by atoms with van der Waals surface area (Å²) in [5, 5.41) is 8.84. The molecule has 6 heteroatoms. The third kappa shape index (κ3) is 3.81. The minimum Gasteiger partial charge on any atom is -0.481 e. The number of amides is 1. The summed E-state index contributed by atoms with van der Waals surface area (Å²) in [5.41, 5.74) is 1.47. The Bertz CT molecular complexity index is 617. The van der Waals surface area contributed by atoms with Crippen LogP contribution in [0.5, 0.6) is 0 Å². The highest BCUT2D eigenvalue weighted by Gasteiger charge is 2.18. The van der Waals surface area contributed by atoms with Gasteiger partial charge in [-0.25, -0.2) is 4.98 Å². The summed E-state index contributed by atoms with van der Waals surface area (Å²) in [4.78, 5) is 28.5. The zero-order valence-corrected chi connectivity index (χ0v) is 12.1. The summed E-state index contributed by atoms with van der Waals surface area (Å²) in [7, 11) is 1.60. The number of hydrogen-bond acceptors (Lipinski definition) is 4. The van der Waals surface area contributed by atoms with Gasteiger partial charge in [0.2, 0.25) is 5.91 Å². The van der Waals surface area contributed by atoms with Crippen LogP contribution in [0.25, 0.3) is 11.1 Å². The summed E-state index contributed by atoms with van der Waals surface area (Å²) >= 11 is 0. The number of carboxylic acids is 1. The monoisotopic (exact) mass is 290 g/mol. The number of rotatable bonds is 6. The van der Waals surface area contributed by atoms with Crippen molar-refractivity contribution >= 4 is 23.0 Å². The first-order valence-electron chi connectivity index (χ1n) is 6.78. The molecule has 1 amide bonds. The summed E-state index contributed by atoms with van der Waals surface area (Å²) in [6.07, 6.45) is 0.648. The van der Waals surface area contributed by atoms with E-state index in [0.29, 0.717) is 17.9 Å². The molecule has 0 aliphatic carbocycles. The van der Waals surface area contributed by atoms with Gasteiger partial charge in [0, 0.05) is 26.4 Å². The van der Waals surface area contributed by atoms with Crippen molar-refractivity contribution in [3.8, 4) is 0 Å². The van der Waals surface area contributed by atoms with E-state index in [-0.39, 0.29) is 18.9 Å². The molecule has 112 valence electrons. The van der Waals surface area contributed by atoms with Gasteiger partial charge in [0.1, 0.15) is 5.52 Å². The fraction of sp³-hybridized carbons (Fsp3) is 0.400. The van der Waals surface area contributed by atoms with E-state index in [2.05, 4.69) is 4.98 Å². The molecule has 6 nitrogen and oxygen atoms in total. The number of para-hydroxylation sites is 2. The van der Waals surface area contributed by atoms with Gasteiger partial charge in [0.05, 0.1) is 5.92 Å². The smallest absolute Gasteiger partial charge is 0.308 e. The second-order valence-electron chi connectivity index (χ2n) is 5.09. The van der Waals surface area contributed by atoms with E-state index in [0.717, 1.165) is 5.52 Å². The van der Waals surface area contributed by atoms with E-state index in [4.69, 9.17) is 9.52 Å². The quantitative estimate of drug-likeness (QED) is 0.879. The minimum absolute atomic E-state index is 0.120. The third-order valence-corrected chi connectivity index (χ3v) is 3.29. The van der Waals surface area contributed by atoms with Crippen molar-refractivity contribution in [2.24, 2.45) is 5.92 Å². The molecule has 21 heavy (non-hydrogen) atoms. The lowest BCUT2D eigenvalue weighted by Gasteiger charge is -2.19. The number of oxazole rings is 1. The number of nitrogens with zero attached hydrogens (tertiary/aromatic N) is 2. The zero-order valence-electron chi connectivity index (χ0n) is 12.1. The molecule has 1 N–H and O–H groups in total. The molecule has 0 fully saturated rings. The summed E-state index contributed by atoms with van der Waals surface area (Å²) in [5.74, 6) is -1.09. The maximum Gasteiger partial charge on any atom is 0.308 e. The highest BCUT2D eigenvalue weighted by atomic mass is 16.4. The molecule has 0 aliphatic heterocycles. The van der Waals surface area contributed by atoms with E-state index in [1.807, 2.05) is 24.3 Å². The fourth-order valence-corrected chi connectivity index (χ4v) is 2.02. The van der Waals surface area contributed by atoms with Crippen LogP contribution in [0.1, 0.15) is 19.2 Å². The zero-order chi connectivity index (χ0) is 15.4. The molecule has 1 heterocycles. The fourth-order valence-electron chi connectivity index (χ4n) is 2.02. The van der Waals surface area contributed by atoms with Crippen LogP contribution in [0.4, 0.5) is 0 Å². The van der Waals surface area contributed by atoms with Gasteiger partial charge in [-0.3, -0.25) is 9.59 Å². The van der Waals surface area contributed by atoms with Gasteiger partial charge in [-0.15, -0.1) is 0 Å². The largest absolute Gasteiger partial charge is 0.481 e. The SMILES string of the molecule is CC(CN(C)C(=O)CCc1nc2ccccc2o1)C(=O)O. The average Bonchev–Trinajstić information content (AvgIpc) is 2.87. The van der Waals surface area contributed by atoms with E-state index in [9.17, 15) is 9.59 Å². The molecule has 1 aromatic heterocycles. The van der Waals surface area contributed by atoms with Crippen LogP contribution in [-0.2, 0) is 16.0 Å². The lowest BCUT2D eigenvalue weighted by Crippen LogP contribution is -2.33. The maximum absolute atomic E-state index is 12.0. The van der Waals surface area contributed by atoms with Crippen molar-refractivity contribution in [2.75, 3.05) is 13.6 Å². The molecule has 0 saturated heterocycles.